The minimum atomic E-state index is -0.881. The van der Waals surface area contributed by atoms with Crippen LogP contribution in [-0.2, 0) is 30.6 Å². The third-order valence-electron chi connectivity index (χ3n) is 3.03. The summed E-state index contributed by atoms with van der Waals surface area (Å²) < 4.78 is 5.00. The van der Waals surface area contributed by atoms with E-state index < -0.39 is 24.3 Å². The van der Waals surface area contributed by atoms with E-state index in [-0.39, 0.29) is 6.61 Å². The SMILES string of the molecule is C=CCN(CC)c1ccc(COC(=O)CC(=O)ONC(C)=O)cc1. The molecule has 0 fully saturated rings. The predicted octanol–water partition coefficient (Wildman–Crippen LogP) is 1.73. The number of carbonyl (C=O) groups excluding carboxylic acids is 3. The van der Waals surface area contributed by atoms with E-state index in [0.29, 0.717) is 0 Å². The Morgan fingerprint density at radius 2 is 1.88 bits per heavy atom. The van der Waals surface area contributed by atoms with Crippen LogP contribution in [-0.4, -0.2) is 30.9 Å². The maximum Gasteiger partial charge on any atom is 0.343 e. The van der Waals surface area contributed by atoms with Gasteiger partial charge < -0.3 is 14.5 Å². The van der Waals surface area contributed by atoms with Crippen LogP contribution in [0.5, 0.6) is 0 Å². The number of carbonyl (C=O) groups is 3. The normalized spacial score (nSPS) is 9.75. The highest BCUT2D eigenvalue weighted by Gasteiger charge is 2.13. The molecule has 7 heteroatoms. The van der Waals surface area contributed by atoms with Crippen molar-refractivity contribution in [1.29, 1.82) is 0 Å². The van der Waals surface area contributed by atoms with Crippen molar-refractivity contribution >= 4 is 23.5 Å². The highest BCUT2D eigenvalue weighted by Crippen LogP contribution is 2.15. The van der Waals surface area contributed by atoms with Crippen LogP contribution in [0.25, 0.3) is 0 Å². The van der Waals surface area contributed by atoms with Crippen LogP contribution < -0.4 is 10.4 Å². The molecule has 0 atom stereocenters. The Balaban J connectivity index is 2.44. The maximum atomic E-state index is 11.5. The molecule has 130 valence electrons. The average Bonchev–Trinajstić information content (AvgIpc) is 2.56. The number of hydrogen-bond donors (Lipinski definition) is 1. The summed E-state index contributed by atoms with van der Waals surface area (Å²) in [6.45, 7) is 8.63. The number of hydrogen-bond acceptors (Lipinski definition) is 6. The molecule has 24 heavy (non-hydrogen) atoms. The highest BCUT2D eigenvalue weighted by atomic mass is 16.7. The van der Waals surface area contributed by atoms with Gasteiger partial charge in [0.25, 0.3) is 0 Å². The standard InChI is InChI=1S/C17H22N2O5/c1-4-10-19(5-2)15-8-6-14(7-9-15)12-23-16(21)11-17(22)24-18-13(3)20/h4,6-9H,1,5,10-12H2,2-3H3,(H,18,20). The van der Waals surface area contributed by atoms with Crippen LogP contribution in [0.15, 0.2) is 36.9 Å². The first-order chi connectivity index (χ1) is 11.5. The number of rotatable bonds is 8. The van der Waals surface area contributed by atoms with E-state index in [1.165, 1.54) is 6.92 Å². The first kappa shape index (κ1) is 19.2. The summed E-state index contributed by atoms with van der Waals surface area (Å²) in [5.41, 5.74) is 3.70. The van der Waals surface area contributed by atoms with Gasteiger partial charge in [0.2, 0.25) is 5.91 Å². The number of amides is 1. The van der Waals surface area contributed by atoms with E-state index in [0.717, 1.165) is 24.3 Å². The molecule has 1 aromatic carbocycles. The number of likely N-dealkylation sites (N-methyl/N-ethyl adjacent to an activating group) is 1. The molecule has 0 heterocycles. The largest absolute Gasteiger partial charge is 0.460 e. The maximum absolute atomic E-state index is 11.5. The fourth-order valence-corrected chi connectivity index (χ4v) is 1.87. The van der Waals surface area contributed by atoms with Crippen LogP contribution in [0.2, 0.25) is 0 Å². The summed E-state index contributed by atoms with van der Waals surface area (Å²) in [5.74, 6) is -2.14. The number of hydroxylamine groups is 1. The lowest BCUT2D eigenvalue weighted by atomic mass is 10.2. The van der Waals surface area contributed by atoms with Gasteiger partial charge in [0.1, 0.15) is 13.0 Å². The van der Waals surface area contributed by atoms with Gasteiger partial charge >= 0.3 is 11.9 Å². The van der Waals surface area contributed by atoms with E-state index in [4.69, 9.17) is 4.74 Å². The van der Waals surface area contributed by atoms with Gasteiger partial charge in [-0.15, -0.1) is 6.58 Å². The lowest BCUT2D eigenvalue weighted by molar-refractivity contribution is -0.163. The number of benzene rings is 1. The van der Waals surface area contributed by atoms with Crippen molar-refractivity contribution in [2.24, 2.45) is 0 Å². The first-order valence-corrected chi connectivity index (χ1v) is 7.53. The summed E-state index contributed by atoms with van der Waals surface area (Å²) in [5, 5.41) is 0. The molecule has 1 rings (SSSR count). The number of nitrogens with one attached hydrogen (secondary N) is 1. The van der Waals surface area contributed by atoms with E-state index >= 15 is 0 Å². The lowest BCUT2D eigenvalue weighted by Crippen LogP contribution is -2.26. The molecule has 0 saturated carbocycles. The second-order valence-corrected chi connectivity index (χ2v) is 4.96. The molecule has 1 amide bonds. The van der Waals surface area contributed by atoms with Gasteiger partial charge in [0, 0.05) is 25.7 Å². The van der Waals surface area contributed by atoms with Crippen LogP contribution in [0.3, 0.4) is 0 Å². The fraction of sp³-hybridized carbons (Fsp3) is 0.353. The average molecular weight is 334 g/mol. The molecule has 0 unspecified atom stereocenters. The Labute approximate surface area is 141 Å². The Hall–Kier alpha value is -2.83. The monoisotopic (exact) mass is 334 g/mol. The Morgan fingerprint density at radius 1 is 1.21 bits per heavy atom. The van der Waals surface area contributed by atoms with Gasteiger partial charge in [0.05, 0.1) is 0 Å². The summed E-state index contributed by atoms with van der Waals surface area (Å²) in [6.07, 6.45) is 1.26. The zero-order valence-electron chi connectivity index (χ0n) is 13.9. The Bertz CT molecular complexity index is 583. The van der Waals surface area contributed by atoms with Gasteiger partial charge in [-0.1, -0.05) is 18.2 Å². The zero-order chi connectivity index (χ0) is 17.9. The summed E-state index contributed by atoms with van der Waals surface area (Å²) in [4.78, 5) is 39.8. The molecule has 0 spiro atoms. The molecule has 1 N–H and O–H groups in total. The van der Waals surface area contributed by atoms with Crippen molar-refractivity contribution in [3.8, 4) is 0 Å². The third-order valence-corrected chi connectivity index (χ3v) is 3.03. The second-order valence-electron chi connectivity index (χ2n) is 4.96. The molecular weight excluding hydrogens is 312 g/mol. The van der Waals surface area contributed by atoms with E-state index in [1.54, 1.807) is 0 Å². The molecule has 7 nitrogen and oxygen atoms in total. The first-order valence-electron chi connectivity index (χ1n) is 7.53. The zero-order valence-corrected chi connectivity index (χ0v) is 13.9. The van der Waals surface area contributed by atoms with Gasteiger partial charge in [0.15, 0.2) is 0 Å². The number of anilines is 1. The smallest absolute Gasteiger partial charge is 0.343 e. The lowest BCUT2D eigenvalue weighted by Gasteiger charge is -2.21. The Kier molecular flexibility index (Phi) is 8.04. The summed E-state index contributed by atoms with van der Waals surface area (Å²) in [6, 6.07) is 7.57. The highest BCUT2D eigenvalue weighted by molar-refractivity contribution is 5.91. The van der Waals surface area contributed by atoms with E-state index in [9.17, 15) is 14.4 Å². The van der Waals surface area contributed by atoms with Crippen LogP contribution >= 0.6 is 0 Å². The molecular formula is C17H22N2O5. The second kappa shape index (κ2) is 10.0. The molecule has 0 aliphatic carbocycles. The molecule has 1 aromatic rings. The van der Waals surface area contributed by atoms with Crippen molar-refractivity contribution in [2.75, 3.05) is 18.0 Å². The van der Waals surface area contributed by atoms with Crippen LogP contribution in [0.1, 0.15) is 25.8 Å². The molecule has 0 radical (unpaired) electrons. The van der Waals surface area contributed by atoms with Crippen LogP contribution in [0.4, 0.5) is 5.69 Å². The molecule has 0 aliphatic rings. The van der Waals surface area contributed by atoms with Crippen molar-refractivity contribution in [2.45, 2.75) is 26.9 Å². The summed E-state index contributed by atoms with van der Waals surface area (Å²) in [7, 11) is 0. The third kappa shape index (κ3) is 6.95. The predicted molar refractivity (Wildman–Crippen MR) is 88.8 cm³/mol. The summed E-state index contributed by atoms with van der Waals surface area (Å²) >= 11 is 0. The minimum Gasteiger partial charge on any atom is -0.460 e. The minimum absolute atomic E-state index is 0.0557. The quantitative estimate of drug-likeness (QED) is 0.337. The molecule has 0 saturated heterocycles. The molecule has 0 aliphatic heterocycles. The van der Waals surface area contributed by atoms with Crippen molar-refractivity contribution in [3.05, 3.63) is 42.5 Å². The Morgan fingerprint density at radius 3 is 2.42 bits per heavy atom. The van der Waals surface area contributed by atoms with Crippen molar-refractivity contribution < 1.29 is 24.0 Å². The number of nitrogens with zero attached hydrogens (tertiary/aromatic N) is 1. The number of ether oxygens (including phenoxy) is 1. The number of esters is 1. The fourth-order valence-electron chi connectivity index (χ4n) is 1.87. The van der Waals surface area contributed by atoms with Gasteiger partial charge in [-0.05, 0) is 24.6 Å². The van der Waals surface area contributed by atoms with Crippen molar-refractivity contribution in [1.82, 2.24) is 5.48 Å². The van der Waals surface area contributed by atoms with Crippen LogP contribution in [0, 0.1) is 0 Å². The van der Waals surface area contributed by atoms with Gasteiger partial charge in [-0.3, -0.25) is 9.59 Å². The molecule has 0 aromatic heterocycles. The van der Waals surface area contributed by atoms with Gasteiger partial charge in [-0.25, -0.2) is 4.79 Å². The molecule has 0 bridgehead atoms. The topological polar surface area (TPSA) is 84.9 Å². The van der Waals surface area contributed by atoms with Crippen molar-refractivity contribution in [3.63, 3.8) is 0 Å². The van der Waals surface area contributed by atoms with E-state index in [2.05, 4.69) is 23.2 Å². The van der Waals surface area contributed by atoms with E-state index in [1.807, 2.05) is 35.8 Å². The van der Waals surface area contributed by atoms with Gasteiger partial charge in [-0.2, -0.15) is 5.48 Å².